The Hall–Kier alpha value is -1.60. The smallest absolute Gasteiger partial charge is 0.0724 e. The van der Waals surface area contributed by atoms with E-state index in [4.69, 9.17) is 4.74 Å². The third-order valence-electron chi connectivity index (χ3n) is 3.96. The molecule has 2 aromatic carbocycles. The molecule has 3 rings (SSSR count). The normalized spacial score (nSPS) is 15.5. The van der Waals surface area contributed by atoms with Gasteiger partial charge in [0.05, 0.1) is 13.2 Å². The van der Waals surface area contributed by atoms with Gasteiger partial charge in [0, 0.05) is 5.92 Å². The summed E-state index contributed by atoms with van der Waals surface area (Å²) in [6, 6.07) is 17.4. The fraction of sp³-hybridized carbons (Fsp3) is 0.333. The zero-order valence-corrected chi connectivity index (χ0v) is 11.6. The molecule has 0 amide bonds. The van der Waals surface area contributed by atoms with Crippen LogP contribution in [0.4, 0.5) is 0 Å². The Morgan fingerprint density at radius 1 is 0.842 bits per heavy atom. The molecule has 0 bridgehead atoms. The van der Waals surface area contributed by atoms with Crippen molar-refractivity contribution in [1.29, 1.82) is 0 Å². The second-order valence-electron chi connectivity index (χ2n) is 5.61. The fourth-order valence-corrected chi connectivity index (χ4v) is 3.09. The molecule has 1 nitrogen and oxygen atoms in total. The zero-order valence-electron chi connectivity index (χ0n) is 11.6. The summed E-state index contributed by atoms with van der Waals surface area (Å²) >= 11 is 0. The predicted octanol–water partition coefficient (Wildman–Crippen LogP) is 4.50. The van der Waals surface area contributed by atoms with E-state index in [0.29, 0.717) is 25.0 Å². The lowest BCUT2D eigenvalue weighted by atomic mass is 9.78. The van der Waals surface area contributed by atoms with Crippen LogP contribution in [-0.4, -0.2) is 0 Å². The molecule has 0 fully saturated rings. The van der Waals surface area contributed by atoms with Crippen LogP contribution in [0.2, 0.25) is 0 Å². The summed E-state index contributed by atoms with van der Waals surface area (Å²) in [6.07, 6.45) is 0. The fourth-order valence-electron chi connectivity index (χ4n) is 3.09. The Bertz CT molecular complexity index is 524. The van der Waals surface area contributed by atoms with Crippen LogP contribution < -0.4 is 0 Å². The van der Waals surface area contributed by atoms with Gasteiger partial charge in [-0.2, -0.15) is 0 Å². The Morgan fingerprint density at radius 2 is 1.32 bits per heavy atom. The summed E-state index contributed by atoms with van der Waals surface area (Å²) in [5, 5.41) is 0. The van der Waals surface area contributed by atoms with Gasteiger partial charge in [0.2, 0.25) is 0 Å². The first-order valence-electron chi connectivity index (χ1n) is 7.00. The minimum atomic E-state index is 0.469. The van der Waals surface area contributed by atoms with E-state index in [2.05, 4.69) is 62.4 Å². The number of fused-ring (bicyclic) bond motifs is 2. The highest BCUT2D eigenvalue weighted by Gasteiger charge is 2.24. The lowest BCUT2D eigenvalue weighted by Crippen LogP contribution is -2.16. The van der Waals surface area contributed by atoms with Crippen LogP contribution in [0.15, 0.2) is 48.5 Å². The Morgan fingerprint density at radius 3 is 1.79 bits per heavy atom. The van der Waals surface area contributed by atoms with E-state index in [0.717, 1.165) is 0 Å². The van der Waals surface area contributed by atoms with Gasteiger partial charge in [-0.3, -0.25) is 0 Å². The quantitative estimate of drug-likeness (QED) is 0.726. The largest absolute Gasteiger partial charge is 0.372 e. The summed E-state index contributed by atoms with van der Waals surface area (Å²) in [5.74, 6) is 1.05. The van der Waals surface area contributed by atoms with Crippen LogP contribution >= 0.6 is 0 Å². The van der Waals surface area contributed by atoms with Crippen molar-refractivity contribution in [3.63, 3.8) is 0 Å². The van der Waals surface area contributed by atoms with Crippen molar-refractivity contribution < 1.29 is 4.74 Å². The van der Waals surface area contributed by atoms with E-state index in [9.17, 15) is 0 Å². The monoisotopic (exact) mass is 252 g/mol. The Balaban J connectivity index is 2.19. The molecule has 0 atom stereocenters. The maximum Gasteiger partial charge on any atom is 0.0724 e. The van der Waals surface area contributed by atoms with Crippen LogP contribution in [0.1, 0.15) is 42.0 Å². The molecule has 1 heterocycles. The molecule has 0 aromatic heterocycles. The molecule has 0 radical (unpaired) electrons. The molecule has 0 saturated heterocycles. The maximum absolute atomic E-state index is 5.86. The highest BCUT2D eigenvalue weighted by atomic mass is 16.5. The van der Waals surface area contributed by atoms with Crippen molar-refractivity contribution in [2.75, 3.05) is 0 Å². The summed E-state index contributed by atoms with van der Waals surface area (Å²) in [6.45, 7) is 6.04. The third kappa shape index (κ3) is 2.31. The van der Waals surface area contributed by atoms with Crippen molar-refractivity contribution in [2.45, 2.75) is 33.0 Å². The molecule has 98 valence electrons. The molecule has 0 aliphatic carbocycles. The van der Waals surface area contributed by atoms with Gasteiger partial charge in [0.1, 0.15) is 0 Å². The molecular weight excluding hydrogens is 232 g/mol. The minimum absolute atomic E-state index is 0.469. The maximum atomic E-state index is 5.86. The van der Waals surface area contributed by atoms with Crippen LogP contribution in [0, 0.1) is 5.92 Å². The predicted molar refractivity (Wildman–Crippen MR) is 78.1 cm³/mol. The highest BCUT2D eigenvalue weighted by molar-refractivity contribution is 5.42. The average molecular weight is 252 g/mol. The van der Waals surface area contributed by atoms with E-state index in [-0.39, 0.29) is 0 Å². The van der Waals surface area contributed by atoms with Crippen molar-refractivity contribution in [2.24, 2.45) is 5.92 Å². The highest BCUT2D eigenvalue weighted by Crippen LogP contribution is 2.37. The van der Waals surface area contributed by atoms with Gasteiger partial charge in [-0.25, -0.2) is 0 Å². The van der Waals surface area contributed by atoms with E-state index in [1.807, 2.05) is 0 Å². The van der Waals surface area contributed by atoms with Crippen molar-refractivity contribution in [3.05, 3.63) is 70.8 Å². The van der Waals surface area contributed by atoms with Gasteiger partial charge >= 0.3 is 0 Å². The van der Waals surface area contributed by atoms with Crippen LogP contribution in [0.25, 0.3) is 0 Å². The second-order valence-corrected chi connectivity index (χ2v) is 5.61. The van der Waals surface area contributed by atoms with Gasteiger partial charge < -0.3 is 4.74 Å². The zero-order chi connectivity index (χ0) is 13.2. The SMILES string of the molecule is CC(C)C1c2ccccc2COCc2ccccc21. The van der Waals surface area contributed by atoms with E-state index >= 15 is 0 Å². The Kier molecular flexibility index (Phi) is 3.39. The molecule has 1 aliphatic heterocycles. The topological polar surface area (TPSA) is 9.23 Å². The van der Waals surface area contributed by atoms with Gasteiger partial charge in [-0.1, -0.05) is 62.4 Å². The van der Waals surface area contributed by atoms with Crippen LogP contribution in [0.3, 0.4) is 0 Å². The molecule has 1 aliphatic rings. The van der Waals surface area contributed by atoms with Crippen molar-refractivity contribution >= 4 is 0 Å². The van der Waals surface area contributed by atoms with Gasteiger partial charge in [0.15, 0.2) is 0 Å². The lowest BCUT2D eigenvalue weighted by molar-refractivity contribution is 0.103. The second kappa shape index (κ2) is 5.18. The average Bonchev–Trinajstić information content (AvgIpc) is 2.39. The van der Waals surface area contributed by atoms with E-state index < -0.39 is 0 Å². The van der Waals surface area contributed by atoms with Crippen molar-refractivity contribution in [3.8, 4) is 0 Å². The molecule has 1 heteroatoms. The van der Waals surface area contributed by atoms with Crippen LogP contribution in [-0.2, 0) is 18.0 Å². The van der Waals surface area contributed by atoms with Gasteiger partial charge in [-0.15, -0.1) is 0 Å². The molecule has 0 saturated carbocycles. The van der Waals surface area contributed by atoms with E-state index in [1.165, 1.54) is 22.3 Å². The minimum Gasteiger partial charge on any atom is -0.372 e. The summed E-state index contributed by atoms with van der Waals surface area (Å²) < 4.78 is 5.86. The summed E-state index contributed by atoms with van der Waals surface area (Å²) in [7, 11) is 0. The number of benzene rings is 2. The van der Waals surface area contributed by atoms with E-state index in [1.54, 1.807) is 0 Å². The number of ether oxygens (including phenoxy) is 1. The van der Waals surface area contributed by atoms with Crippen LogP contribution in [0.5, 0.6) is 0 Å². The van der Waals surface area contributed by atoms with Gasteiger partial charge in [0.25, 0.3) is 0 Å². The first kappa shape index (κ1) is 12.4. The Labute approximate surface area is 115 Å². The molecule has 0 spiro atoms. The first-order valence-corrected chi connectivity index (χ1v) is 7.00. The molecular formula is C18H20O. The molecule has 0 N–H and O–H groups in total. The summed E-state index contributed by atoms with van der Waals surface area (Å²) in [5.41, 5.74) is 5.50. The molecule has 19 heavy (non-hydrogen) atoms. The number of hydrogen-bond donors (Lipinski definition) is 0. The number of rotatable bonds is 1. The summed E-state index contributed by atoms with van der Waals surface area (Å²) in [4.78, 5) is 0. The molecule has 0 unspecified atom stereocenters. The van der Waals surface area contributed by atoms with Crippen molar-refractivity contribution in [1.82, 2.24) is 0 Å². The number of hydrogen-bond acceptors (Lipinski definition) is 1. The molecule has 2 aromatic rings. The third-order valence-corrected chi connectivity index (χ3v) is 3.96. The lowest BCUT2D eigenvalue weighted by Gasteiger charge is -2.29. The first-order chi connectivity index (χ1) is 9.27. The van der Waals surface area contributed by atoms with Gasteiger partial charge in [-0.05, 0) is 28.2 Å². The standard InChI is InChI=1S/C18H20O/c1-13(2)18-16-9-5-3-7-14(16)11-19-12-15-8-4-6-10-17(15)18/h3-10,13,18H,11-12H2,1-2H3.